The first-order valence-corrected chi connectivity index (χ1v) is 7.57. The van der Waals surface area contributed by atoms with Gasteiger partial charge in [0.15, 0.2) is 5.76 Å². The van der Waals surface area contributed by atoms with E-state index in [4.69, 9.17) is 4.42 Å². The van der Waals surface area contributed by atoms with Gasteiger partial charge in [0.25, 0.3) is 5.91 Å². The highest BCUT2D eigenvalue weighted by atomic mass is 16.3. The standard InChI is InChI=1S/C17H20N2O3/c1-11-4-3-5-13-9-14(22-16(11)13)17(21)19-7-6-12(10-19)8-15(20)18-2/h3-5,9,12H,6-8,10H2,1-2H3,(H,18,20)/t12-/m1/s1. The van der Waals surface area contributed by atoms with Gasteiger partial charge in [-0.1, -0.05) is 18.2 Å². The van der Waals surface area contributed by atoms with Crippen molar-refractivity contribution < 1.29 is 14.0 Å². The number of hydrogen-bond donors (Lipinski definition) is 1. The summed E-state index contributed by atoms with van der Waals surface area (Å²) in [6, 6.07) is 7.67. The number of para-hydroxylation sites is 1. The number of carbonyl (C=O) groups is 2. The first-order chi connectivity index (χ1) is 10.6. The number of nitrogens with one attached hydrogen (secondary N) is 1. The molecule has 1 N–H and O–H groups in total. The lowest BCUT2D eigenvalue weighted by molar-refractivity contribution is -0.121. The molecule has 2 amide bonds. The molecule has 2 heterocycles. The Morgan fingerprint density at radius 1 is 1.41 bits per heavy atom. The Bertz CT molecular complexity index is 720. The van der Waals surface area contributed by atoms with E-state index in [1.807, 2.05) is 25.1 Å². The highest BCUT2D eigenvalue weighted by Crippen LogP contribution is 2.26. The molecule has 0 spiro atoms. The minimum Gasteiger partial charge on any atom is -0.451 e. The zero-order chi connectivity index (χ0) is 15.7. The number of furan rings is 1. The molecular formula is C17H20N2O3. The topological polar surface area (TPSA) is 62.6 Å². The van der Waals surface area contributed by atoms with Crippen LogP contribution in [0.1, 0.15) is 29.0 Å². The van der Waals surface area contributed by atoms with Crippen LogP contribution in [-0.2, 0) is 4.79 Å². The molecule has 1 aromatic carbocycles. The van der Waals surface area contributed by atoms with E-state index in [9.17, 15) is 9.59 Å². The maximum absolute atomic E-state index is 12.6. The molecule has 0 unspecified atom stereocenters. The van der Waals surface area contributed by atoms with Crippen LogP contribution in [0.15, 0.2) is 28.7 Å². The summed E-state index contributed by atoms with van der Waals surface area (Å²) in [4.78, 5) is 25.8. The van der Waals surface area contributed by atoms with Crippen molar-refractivity contribution in [1.82, 2.24) is 10.2 Å². The van der Waals surface area contributed by atoms with E-state index >= 15 is 0 Å². The van der Waals surface area contributed by atoms with Crippen LogP contribution in [0.3, 0.4) is 0 Å². The summed E-state index contributed by atoms with van der Waals surface area (Å²) in [6.45, 7) is 3.26. The molecular weight excluding hydrogens is 280 g/mol. The normalized spacial score (nSPS) is 17.9. The third kappa shape index (κ3) is 2.71. The number of benzene rings is 1. The zero-order valence-electron chi connectivity index (χ0n) is 12.9. The van der Waals surface area contributed by atoms with Crippen LogP contribution in [-0.4, -0.2) is 36.9 Å². The highest BCUT2D eigenvalue weighted by molar-refractivity contribution is 5.96. The number of rotatable bonds is 3. The Morgan fingerprint density at radius 2 is 2.23 bits per heavy atom. The summed E-state index contributed by atoms with van der Waals surface area (Å²) in [7, 11) is 1.64. The number of carbonyl (C=O) groups excluding carboxylic acids is 2. The Morgan fingerprint density at radius 3 is 2.95 bits per heavy atom. The van der Waals surface area contributed by atoms with Crippen LogP contribution in [0.25, 0.3) is 11.0 Å². The van der Waals surface area contributed by atoms with E-state index < -0.39 is 0 Å². The molecule has 1 aromatic heterocycles. The molecule has 5 nitrogen and oxygen atoms in total. The lowest BCUT2D eigenvalue weighted by Gasteiger charge is -2.14. The van der Waals surface area contributed by atoms with Crippen LogP contribution >= 0.6 is 0 Å². The molecule has 1 atom stereocenters. The second-order valence-electron chi connectivity index (χ2n) is 5.89. The minimum atomic E-state index is -0.0880. The van der Waals surface area contributed by atoms with Gasteiger partial charge in [0.1, 0.15) is 5.58 Å². The Hall–Kier alpha value is -2.30. The van der Waals surface area contributed by atoms with E-state index in [0.717, 1.165) is 23.0 Å². The SMILES string of the molecule is CNC(=O)C[C@H]1CCN(C(=O)c2cc3cccc(C)c3o2)C1. The van der Waals surface area contributed by atoms with Crippen LogP contribution in [0.2, 0.25) is 0 Å². The number of amides is 2. The molecule has 1 aliphatic rings. The second kappa shape index (κ2) is 5.83. The number of nitrogens with zero attached hydrogens (tertiary/aromatic N) is 1. The van der Waals surface area contributed by atoms with Gasteiger partial charge in [0, 0.05) is 31.9 Å². The first kappa shape index (κ1) is 14.6. The van der Waals surface area contributed by atoms with Crippen LogP contribution < -0.4 is 5.32 Å². The maximum atomic E-state index is 12.6. The fourth-order valence-corrected chi connectivity index (χ4v) is 3.02. The summed E-state index contributed by atoms with van der Waals surface area (Å²) in [5.74, 6) is 0.550. The van der Waals surface area contributed by atoms with Gasteiger partial charge >= 0.3 is 0 Å². The van der Waals surface area contributed by atoms with Crippen molar-refractivity contribution in [3.63, 3.8) is 0 Å². The lowest BCUT2D eigenvalue weighted by Crippen LogP contribution is -2.29. The zero-order valence-corrected chi connectivity index (χ0v) is 12.9. The Balaban J connectivity index is 1.73. The average molecular weight is 300 g/mol. The molecule has 3 rings (SSSR count). The van der Waals surface area contributed by atoms with Gasteiger partial charge in [-0.05, 0) is 30.9 Å². The molecule has 0 aliphatic carbocycles. The molecule has 0 bridgehead atoms. The fourth-order valence-electron chi connectivity index (χ4n) is 3.02. The summed E-state index contributed by atoms with van der Waals surface area (Å²) < 4.78 is 5.74. The molecule has 116 valence electrons. The summed E-state index contributed by atoms with van der Waals surface area (Å²) in [5, 5.41) is 3.58. The number of likely N-dealkylation sites (tertiary alicyclic amines) is 1. The molecule has 0 radical (unpaired) electrons. The number of fused-ring (bicyclic) bond motifs is 1. The van der Waals surface area contributed by atoms with Crippen molar-refractivity contribution >= 4 is 22.8 Å². The van der Waals surface area contributed by atoms with Gasteiger partial charge in [-0.15, -0.1) is 0 Å². The van der Waals surface area contributed by atoms with Crippen molar-refractivity contribution in [2.75, 3.05) is 20.1 Å². The molecule has 1 fully saturated rings. The molecule has 1 saturated heterocycles. The van der Waals surface area contributed by atoms with E-state index in [-0.39, 0.29) is 17.7 Å². The van der Waals surface area contributed by atoms with Gasteiger partial charge < -0.3 is 14.6 Å². The summed E-state index contributed by atoms with van der Waals surface area (Å²) in [6.07, 6.45) is 1.33. The van der Waals surface area contributed by atoms with Crippen LogP contribution in [0.5, 0.6) is 0 Å². The second-order valence-corrected chi connectivity index (χ2v) is 5.89. The average Bonchev–Trinajstić information content (AvgIpc) is 3.14. The van der Waals surface area contributed by atoms with Gasteiger partial charge in [-0.25, -0.2) is 0 Å². The van der Waals surface area contributed by atoms with E-state index in [1.54, 1.807) is 18.0 Å². The first-order valence-electron chi connectivity index (χ1n) is 7.57. The molecule has 5 heteroatoms. The number of aryl methyl sites for hydroxylation is 1. The van der Waals surface area contributed by atoms with Gasteiger partial charge in [-0.2, -0.15) is 0 Å². The molecule has 1 aliphatic heterocycles. The van der Waals surface area contributed by atoms with E-state index in [2.05, 4.69) is 5.32 Å². The lowest BCUT2D eigenvalue weighted by atomic mass is 10.0. The molecule has 2 aromatic rings. The van der Waals surface area contributed by atoms with Crippen LogP contribution in [0.4, 0.5) is 0 Å². The predicted octanol–water partition coefficient (Wildman–Crippen LogP) is 2.34. The van der Waals surface area contributed by atoms with Crippen molar-refractivity contribution in [2.24, 2.45) is 5.92 Å². The van der Waals surface area contributed by atoms with Gasteiger partial charge in [0.2, 0.25) is 5.91 Å². The largest absolute Gasteiger partial charge is 0.451 e. The van der Waals surface area contributed by atoms with Crippen LogP contribution in [0, 0.1) is 12.8 Å². The third-order valence-electron chi connectivity index (χ3n) is 4.28. The minimum absolute atomic E-state index is 0.0265. The molecule has 22 heavy (non-hydrogen) atoms. The van der Waals surface area contributed by atoms with Gasteiger partial charge in [-0.3, -0.25) is 9.59 Å². The van der Waals surface area contributed by atoms with Crippen molar-refractivity contribution in [3.05, 3.63) is 35.6 Å². The van der Waals surface area contributed by atoms with E-state index in [1.165, 1.54) is 0 Å². The van der Waals surface area contributed by atoms with Crippen molar-refractivity contribution in [3.8, 4) is 0 Å². The highest BCUT2D eigenvalue weighted by Gasteiger charge is 2.29. The maximum Gasteiger partial charge on any atom is 0.289 e. The summed E-state index contributed by atoms with van der Waals surface area (Å²) >= 11 is 0. The fraction of sp³-hybridized carbons (Fsp3) is 0.412. The number of hydrogen-bond acceptors (Lipinski definition) is 3. The van der Waals surface area contributed by atoms with Crippen molar-refractivity contribution in [1.29, 1.82) is 0 Å². The monoisotopic (exact) mass is 300 g/mol. The van der Waals surface area contributed by atoms with Gasteiger partial charge in [0.05, 0.1) is 0 Å². The predicted molar refractivity (Wildman–Crippen MR) is 83.6 cm³/mol. The van der Waals surface area contributed by atoms with Crippen molar-refractivity contribution in [2.45, 2.75) is 19.8 Å². The Labute approximate surface area is 129 Å². The Kier molecular flexibility index (Phi) is 3.88. The third-order valence-corrected chi connectivity index (χ3v) is 4.28. The molecule has 0 saturated carbocycles. The smallest absolute Gasteiger partial charge is 0.289 e. The van der Waals surface area contributed by atoms with E-state index in [0.29, 0.717) is 25.3 Å². The summed E-state index contributed by atoms with van der Waals surface area (Å²) in [5.41, 5.74) is 1.79. The quantitative estimate of drug-likeness (QED) is 0.946.